The predicted molar refractivity (Wildman–Crippen MR) is 32.4 cm³/mol. The molecule has 1 radical (unpaired) electrons. The third-order valence-corrected chi connectivity index (χ3v) is 1.06. The van der Waals surface area contributed by atoms with E-state index in [1.165, 1.54) is 0 Å². The van der Waals surface area contributed by atoms with Crippen molar-refractivity contribution in [2.45, 2.75) is 0 Å². The van der Waals surface area contributed by atoms with E-state index in [1.807, 2.05) is 13.2 Å². The van der Waals surface area contributed by atoms with Crippen LogP contribution in [0.2, 0.25) is 0 Å². The van der Waals surface area contributed by atoms with Crippen molar-refractivity contribution >= 4 is 6.29 Å². The van der Waals surface area contributed by atoms with Crippen molar-refractivity contribution in [1.82, 2.24) is 0 Å². The Morgan fingerprint density at radius 1 is 1.67 bits per heavy atom. The second kappa shape index (κ2) is 2.40. The number of aryl methyl sites for hydroxylation is 1. The maximum Gasteiger partial charge on any atom is 0.239 e. The Hall–Kier alpha value is -1.18. The van der Waals surface area contributed by atoms with Crippen LogP contribution in [0.4, 0.5) is 0 Å². The Kier molecular flexibility index (Phi) is 1.58. The molecule has 1 heterocycles. The molecule has 0 amide bonds. The van der Waals surface area contributed by atoms with E-state index in [0.29, 0.717) is 5.56 Å². The third kappa shape index (κ3) is 1.35. The summed E-state index contributed by atoms with van der Waals surface area (Å²) in [7, 11) is 1.86. The van der Waals surface area contributed by atoms with Gasteiger partial charge in [-0.05, 0) is 6.07 Å². The van der Waals surface area contributed by atoms with Crippen molar-refractivity contribution in [1.29, 1.82) is 0 Å². The minimum Gasteiger partial charge on any atom is -0.285 e. The van der Waals surface area contributed by atoms with E-state index in [1.54, 1.807) is 29.2 Å². The van der Waals surface area contributed by atoms with Crippen molar-refractivity contribution in [3.63, 3.8) is 0 Å². The number of pyridine rings is 1. The van der Waals surface area contributed by atoms with E-state index >= 15 is 0 Å². The second-order valence-corrected chi connectivity index (χ2v) is 1.86. The van der Waals surface area contributed by atoms with Gasteiger partial charge >= 0.3 is 0 Å². The highest BCUT2D eigenvalue weighted by molar-refractivity contribution is 5.73. The minimum absolute atomic E-state index is 0.583. The second-order valence-electron chi connectivity index (χ2n) is 1.86. The summed E-state index contributed by atoms with van der Waals surface area (Å²) in [5, 5.41) is 0. The smallest absolute Gasteiger partial charge is 0.239 e. The summed E-state index contributed by atoms with van der Waals surface area (Å²) in [6.07, 6.45) is 5.37. The summed E-state index contributed by atoms with van der Waals surface area (Å²) in [4.78, 5) is 10.0. The van der Waals surface area contributed by atoms with Crippen molar-refractivity contribution in [2.75, 3.05) is 0 Å². The lowest BCUT2D eigenvalue weighted by Gasteiger charge is -1.84. The maximum atomic E-state index is 10.0. The lowest BCUT2D eigenvalue weighted by molar-refractivity contribution is -0.671. The van der Waals surface area contributed by atoms with E-state index < -0.39 is 0 Å². The molecule has 0 N–H and O–H groups in total. The Morgan fingerprint density at radius 2 is 2.44 bits per heavy atom. The lowest BCUT2D eigenvalue weighted by atomic mass is 10.3. The van der Waals surface area contributed by atoms with Crippen molar-refractivity contribution in [2.24, 2.45) is 7.05 Å². The molecule has 45 valence electrons. The van der Waals surface area contributed by atoms with E-state index in [9.17, 15) is 4.79 Å². The molecule has 0 saturated carbocycles. The van der Waals surface area contributed by atoms with Gasteiger partial charge in [0.25, 0.3) is 0 Å². The zero-order valence-electron chi connectivity index (χ0n) is 5.16. The average Bonchev–Trinajstić information content (AvgIpc) is 1.88. The van der Waals surface area contributed by atoms with Crippen LogP contribution in [0.5, 0.6) is 0 Å². The van der Waals surface area contributed by atoms with Crippen LogP contribution in [-0.2, 0) is 11.8 Å². The molecule has 0 unspecified atom stereocenters. The van der Waals surface area contributed by atoms with E-state index in [2.05, 4.69) is 0 Å². The fourth-order valence-electron chi connectivity index (χ4n) is 0.648. The molecule has 2 nitrogen and oxygen atoms in total. The Labute approximate surface area is 53.8 Å². The van der Waals surface area contributed by atoms with Crippen LogP contribution in [0.3, 0.4) is 0 Å². The van der Waals surface area contributed by atoms with Gasteiger partial charge in [0.1, 0.15) is 7.05 Å². The van der Waals surface area contributed by atoms with Crippen molar-refractivity contribution < 1.29 is 9.36 Å². The van der Waals surface area contributed by atoms with Crippen LogP contribution >= 0.6 is 0 Å². The molecule has 0 aliphatic heterocycles. The highest BCUT2D eigenvalue weighted by Crippen LogP contribution is 1.85. The predicted octanol–water partition coefficient (Wildman–Crippen LogP) is -0.0311. The third-order valence-electron chi connectivity index (χ3n) is 1.06. The first-order chi connectivity index (χ1) is 4.33. The first kappa shape index (κ1) is 5.95. The summed E-state index contributed by atoms with van der Waals surface area (Å²) >= 11 is 0. The van der Waals surface area contributed by atoms with Gasteiger partial charge in [-0.3, -0.25) is 4.79 Å². The molecule has 1 aromatic rings. The maximum absolute atomic E-state index is 10.0. The molecule has 0 aromatic carbocycles. The number of rotatable bonds is 1. The Bertz CT molecular complexity index is 220. The molecule has 0 spiro atoms. The molecule has 1 aromatic heterocycles. The quantitative estimate of drug-likeness (QED) is 0.478. The van der Waals surface area contributed by atoms with Gasteiger partial charge in [0.05, 0.1) is 5.56 Å². The molecular formula is C7H7NO+. The monoisotopic (exact) mass is 121 g/mol. The van der Waals surface area contributed by atoms with Gasteiger partial charge in [0.2, 0.25) is 6.29 Å². The van der Waals surface area contributed by atoms with E-state index in [0.717, 1.165) is 0 Å². The first-order valence-corrected chi connectivity index (χ1v) is 2.66. The molecule has 0 aliphatic carbocycles. The number of nitrogens with zero attached hydrogens (tertiary/aromatic N) is 1. The molecule has 0 fully saturated rings. The van der Waals surface area contributed by atoms with Gasteiger partial charge in [0, 0.05) is 6.07 Å². The van der Waals surface area contributed by atoms with Crippen LogP contribution < -0.4 is 4.57 Å². The fraction of sp³-hybridized carbons (Fsp3) is 0.143. The first-order valence-electron chi connectivity index (χ1n) is 2.66. The van der Waals surface area contributed by atoms with Crippen molar-refractivity contribution in [3.05, 3.63) is 30.1 Å². The van der Waals surface area contributed by atoms with Gasteiger partial charge in [-0.15, -0.1) is 0 Å². The SMILES string of the molecule is C[n+]1cccc([C]=O)c1. The standard InChI is InChI=1S/C7H7NO/c1-8-4-2-3-7(5-8)6-9/h2-5H,1H3/q+1. The van der Waals surface area contributed by atoms with Crippen LogP contribution in [0.15, 0.2) is 24.5 Å². The highest BCUT2D eigenvalue weighted by atomic mass is 16.1. The Morgan fingerprint density at radius 3 is 2.89 bits per heavy atom. The summed E-state index contributed by atoms with van der Waals surface area (Å²) in [6, 6.07) is 3.52. The fourth-order valence-corrected chi connectivity index (χ4v) is 0.648. The summed E-state index contributed by atoms with van der Waals surface area (Å²) < 4.78 is 1.81. The molecule has 2 heteroatoms. The molecular weight excluding hydrogens is 114 g/mol. The molecule has 9 heavy (non-hydrogen) atoms. The molecule has 0 atom stereocenters. The van der Waals surface area contributed by atoms with Gasteiger partial charge in [0.15, 0.2) is 12.4 Å². The molecule has 0 saturated heterocycles. The van der Waals surface area contributed by atoms with Crippen LogP contribution in [0.1, 0.15) is 5.56 Å². The van der Waals surface area contributed by atoms with Crippen LogP contribution in [0.25, 0.3) is 0 Å². The molecule has 0 bridgehead atoms. The zero-order chi connectivity index (χ0) is 6.69. The van der Waals surface area contributed by atoms with Gasteiger partial charge in [-0.2, -0.15) is 0 Å². The molecule has 0 aliphatic rings. The van der Waals surface area contributed by atoms with Crippen LogP contribution in [-0.4, -0.2) is 6.29 Å². The Balaban J connectivity index is 3.07. The molecule has 1 rings (SSSR count). The topological polar surface area (TPSA) is 20.9 Å². The largest absolute Gasteiger partial charge is 0.285 e. The summed E-state index contributed by atoms with van der Waals surface area (Å²) in [5.74, 6) is 0. The minimum atomic E-state index is 0.583. The lowest BCUT2D eigenvalue weighted by Crippen LogP contribution is -2.26. The van der Waals surface area contributed by atoms with Crippen molar-refractivity contribution in [3.8, 4) is 0 Å². The van der Waals surface area contributed by atoms with Gasteiger partial charge < -0.3 is 0 Å². The summed E-state index contributed by atoms with van der Waals surface area (Å²) in [6.45, 7) is 0. The van der Waals surface area contributed by atoms with E-state index in [-0.39, 0.29) is 0 Å². The van der Waals surface area contributed by atoms with Gasteiger partial charge in [-0.1, -0.05) is 0 Å². The average molecular weight is 121 g/mol. The summed E-state index contributed by atoms with van der Waals surface area (Å²) in [5.41, 5.74) is 0.583. The van der Waals surface area contributed by atoms with E-state index in [4.69, 9.17) is 0 Å². The van der Waals surface area contributed by atoms with Crippen LogP contribution in [0, 0.1) is 0 Å². The highest BCUT2D eigenvalue weighted by Gasteiger charge is 1.93. The number of hydrogen-bond acceptors (Lipinski definition) is 1. The van der Waals surface area contributed by atoms with Gasteiger partial charge in [-0.25, -0.2) is 4.57 Å². The number of hydrogen-bond donors (Lipinski definition) is 0. The number of carbonyl (C=O) groups excluding carboxylic acids is 1. The normalized spacial score (nSPS) is 9.00. The zero-order valence-corrected chi connectivity index (χ0v) is 5.16. The number of aromatic nitrogens is 1.